The summed E-state index contributed by atoms with van der Waals surface area (Å²) in [5.41, 5.74) is 4.88. The molecule has 116 valence electrons. The van der Waals surface area contributed by atoms with Crippen LogP contribution < -0.4 is 10.5 Å². The van der Waals surface area contributed by atoms with E-state index in [1.807, 2.05) is 0 Å². The van der Waals surface area contributed by atoms with E-state index in [-0.39, 0.29) is 5.84 Å². The molecule has 0 bridgehead atoms. The Hall–Kier alpha value is -0.660. The summed E-state index contributed by atoms with van der Waals surface area (Å²) < 4.78 is 29.3. The van der Waals surface area contributed by atoms with E-state index in [1.54, 1.807) is 0 Å². The number of rotatable bonds is 4. The fraction of sp³-hybridized carbons (Fsp3) is 0.923. The molecular formula is C13H26N4O2S. The van der Waals surface area contributed by atoms with Crippen molar-refractivity contribution in [1.29, 1.82) is 5.41 Å². The van der Waals surface area contributed by atoms with Crippen molar-refractivity contribution < 1.29 is 8.42 Å². The van der Waals surface area contributed by atoms with Crippen molar-refractivity contribution in [3.05, 3.63) is 0 Å². The van der Waals surface area contributed by atoms with Gasteiger partial charge in [-0.25, -0.2) is 0 Å². The Bertz CT molecular complexity index is 435. The van der Waals surface area contributed by atoms with Crippen LogP contribution in [0.25, 0.3) is 0 Å². The molecule has 2 fully saturated rings. The topological polar surface area (TPSA) is 99.3 Å². The van der Waals surface area contributed by atoms with Gasteiger partial charge in [-0.15, -0.1) is 0 Å². The van der Waals surface area contributed by atoms with Gasteiger partial charge in [-0.3, -0.25) is 5.41 Å². The van der Waals surface area contributed by atoms with Crippen molar-refractivity contribution >= 4 is 16.0 Å². The van der Waals surface area contributed by atoms with Gasteiger partial charge in [0.05, 0.1) is 5.54 Å². The predicted molar refractivity (Wildman–Crippen MR) is 79.8 cm³/mol. The molecule has 20 heavy (non-hydrogen) atoms. The smallest absolute Gasteiger partial charge is 0.280 e. The Labute approximate surface area is 121 Å². The maximum atomic E-state index is 12.5. The number of hydrogen-bond acceptors (Lipinski definition) is 3. The van der Waals surface area contributed by atoms with E-state index in [0.29, 0.717) is 25.9 Å². The maximum Gasteiger partial charge on any atom is 0.280 e. The van der Waals surface area contributed by atoms with Crippen molar-refractivity contribution in [3.63, 3.8) is 0 Å². The zero-order valence-corrected chi connectivity index (χ0v) is 12.8. The third-order valence-electron chi connectivity index (χ3n) is 4.45. The SMILES string of the molecule is N=C(N)C1(NS(=O)(=O)N2CCCCC2)CCCCCC1. The lowest BCUT2D eigenvalue weighted by Crippen LogP contribution is -2.60. The first kappa shape index (κ1) is 15.7. The Morgan fingerprint density at radius 1 is 1.00 bits per heavy atom. The van der Waals surface area contributed by atoms with Gasteiger partial charge in [0.15, 0.2) is 0 Å². The van der Waals surface area contributed by atoms with E-state index in [9.17, 15) is 8.42 Å². The molecule has 0 aromatic heterocycles. The standard InChI is InChI=1S/C13H26N4O2S/c14-12(15)13(8-4-1-2-5-9-13)16-20(18,19)17-10-6-3-7-11-17/h16H,1-11H2,(H3,14,15). The van der Waals surface area contributed by atoms with Crippen LogP contribution in [-0.4, -0.2) is 37.2 Å². The molecule has 2 rings (SSSR count). The summed E-state index contributed by atoms with van der Waals surface area (Å²) in [6, 6.07) is 0. The average molecular weight is 302 g/mol. The van der Waals surface area contributed by atoms with Gasteiger partial charge in [-0.2, -0.15) is 17.4 Å². The van der Waals surface area contributed by atoms with E-state index in [2.05, 4.69) is 4.72 Å². The Morgan fingerprint density at radius 3 is 2.00 bits per heavy atom. The summed E-state index contributed by atoms with van der Waals surface area (Å²) in [6.45, 7) is 1.15. The van der Waals surface area contributed by atoms with Crippen LogP contribution in [0.15, 0.2) is 0 Å². The normalized spacial score (nSPS) is 25.0. The lowest BCUT2D eigenvalue weighted by Gasteiger charge is -2.35. The van der Waals surface area contributed by atoms with Crippen molar-refractivity contribution in [2.45, 2.75) is 63.3 Å². The van der Waals surface area contributed by atoms with Crippen LogP contribution in [-0.2, 0) is 10.2 Å². The number of nitrogens with one attached hydrogen (secondary N) is 2. The Kier molecular flexibility index (Phi) is 5.04. The first-order valence-corrected chi connectivity index (χ1v) is 9.04. The summed E-state index contributed by atoms with van der Waals surface area (Å²) in [4.78, 5) is 0. The minimum Gasteiger partial charge on any atom is -0.386 e. The van der Waals surface area contributed by atoms with E-state index in [1.165, 1.54) is 4.31 Å². The number of piperidine rings is 1. The van der Waals surface area contributed by atoms with Crippen molar-refractivity contribution in [2.75, 3.05) is 13.1 Å². The van der Waals surface area contributed by atoms with Crippen molar-refractivity contribution in [1.82, 2.24) is 9.03 Å². The van der Waals surface area contributed by atoms with E-state index < -0.39 is 15.7 Å². The molecule has 1 saturated carbocycles. The predicted octanol–water partition coefficient (Wildman–Crippen LogP) is 1.34. The summed E-state index contributed by atoms with van der Waals surface area (Å²) >= 11 is 0. The number of amidine groups is 1. The second-order valence-corrected chi connectivity index (χ2v) is 7.65. The highest BCUT2D eigenvalue weighted by Gasteiger charge is 2.40. The van der Waals surface area contributed by atoms with Gasteiger partial charge >= 0.3 is 0 Å². The van der Waals surface area contributed by atoms with Crippen LogP contribution in [0.3, 0.4) is 0 Å². The average Bonchev–Trinajstić information content (AvgIpc) is 2.66. The number of nitrogens with zero attached hydrogens (tertiary/aromatic N) is 1. The Balaban J connectivity index is 2.16. The molecule has 0 atom stereocenters. The minimum absolute atomic E-state index is 0.0417. The molecule has 1 aliphatic heterocycles. The van der Waals surface area contributed by atoms with Gasteiger partial charge in [0.2, 0.25) is 0 Å². The monoisotopic (exact) mass is 302 g/mol. The maximum absolute atomic E-state index is 12.5. The largest absolute Gasteiger partial charge is 0.386 e. The van der Waals surface area contributed by atoms with Gasteiger partial charge < -0.3 is 5.73 Å². The highest BCUT2D eigenvalue weighted by molar-refractivity contribution is 7.87. The molecule has 0 unspecified atom stereocenters. The van der Waals surface area contributed by atoms with Gasteiger partial charge in [-0.1, -0.05) is 32.1 Å². The molecule has 7 heteroatoms. The fourth-order valence-electron chi connectivity index (χ4n) is 3.18. The molecule has 0 aromatic carbocycles. The minimum atomic E-state index is -3.54. The molecule has 1 saturated heterocycles. The molecular weight excluding hydrogens is 276 g/mol. The van der Waals surface area contributed by atoms with Crippen LogP contribution >= 0.6 is 0 Å². The number of hydrogen-bond donors (Lipinski definition) is 3. The van der Waals surface area contributed by atoms with Crippen LogP contribution in [0.4, 0.5) is 0 Å². The molecule has 1 heterocycles. The zero-order valence-electron chi connectivity index (χ0n) is 12.0. The first-order valence-electron chi connectivity index (χ1n) is 7.60. The fourth-order valence-corrected chi connectivity index (χ4v) is 4.85. The molecule has 0 aromatic rings. The van der Waals surface area contributed by atoms with Gasteiger partial charge in [0.25, 0.3) is 10.2 Å². The highest BCUT2D eigenvalue weighted by Crippen LogP contribution is 2.28. The van der Waals surface area contributed by atoms with Crippen LogP contribution in [0, 0.1) is 5.41 Å². The lowest BCUT2D eigenvalue weighted by molar-refractivity contribution is 0.328. The quantitative estimate of drug-likeness (QED) is 0.415. The van der Waals surface area contributed by atoms with E-state index >= 15 is 0 Å². The highest BCUT2D eigenvalue weighted by atomic mass is 32.2. The van der Waals surface area contributed by atoms with Crippen LogP contribution in [0.5, 0.6) is 0 Å². The first-order chi connectivity index (χ1) is 9.46. The van der Waals surface area contributed by atoms with Gasteiger partial charge in [0, 0.05) is 13.1 Å². The van der Waals surface area contributed by atoms with E-state index in [4.69, 9.17) is 11.1 Å². The summed E-state index contributed by atoms with van der Waals surface area (Å²) in [5.74, 6) is -0.0417. The third-order valence-corrected chi connectivity index (χ3v) is 6.15. The second-order valence-electron chi connectivity index (χ2n) is 5.98. The van der Waals surface area contributed by atoms with Crippen LogP contribution in [0.1, 0.15) is 57.8 Å². The molecule has 0 amide bonds. The molecule has 1 aliphatic carbocycles. The zero-order chi connectivity index (χ0) is 14.6. The molecule has 0 spiro atoms. The second kappa shape index (κ2) is 6.41. The molecule has 0 radical (unpaired) electrons. The summed E-state index contributed by atoms with van der Waals surface area (Å²) in [5, 5.41) is 7.86. The van der Waals surface area contributed by atoms with Crippen molar-refractivity contribution in [3.8, 4) is 0 Å². The van der Waals surface area contributed by atoms with Crippen molar-refractivity contribution in [2.24, 2.45) is 5.73 Å². The van der Waals surface area contributed by atoms with Gasteiger partial charge in [0.1, 0.15) is 5.84 Å². The summed E-state index contributed by atoms with van der Waals surface area (Å²) in [7, 11) is -3.54. The third kappa shape index (κ3) is 3.51. The Morgan fingerprint density at radius 2 is 1.50 bits per heavy atom. The van der Waals surface area contributed by atoms with Crippen LogP contribution in [0.2, 0.25) is 0 Å². The summed E-state index contributed by atoms with van der Waals surface area (Å²) in [6.07, 6.45) is 8.18. The molecule has 4 N–H and O–H groups in total. The molecule has 6 nitrogen and oxygen atoms in total. The number of nitrogens with two attached hydrogens (primary N) is 1. The van der Waals surface area contributed by atoms with E-state index in [0.717, 1.165) is 44.9 Å². The lowest BCUT2D eigenvalue weighted by atomic mass is 9.90. The molecule has 2 aliphatic rings. The van der Waals surface area contributed by atoms with Gasteiger partial charge in [-0.05, 0) is 25.7 Å².